The van der Waals surface area contributed by atoms with E-state index in [0.29, 0.717) is 5.92 Å². The standard InChI is InChI=1S/C15H29NO3/c1-8-10(2)9-11-12(13(17)19-7)15(5,6)16(18)14(11,3)4/h10-12,18H,8-9H2,1-7H3. The summed E-state index contributed by atoms with van der Waals surface area (Å²) in [7, 11) is 1.42. The molecule has 4 nitrogen and oxygen atoms in total. The minimum atomic E-state index is -0.602. The monoisotopic (exact) mass is 271 g/mol. The molecule has 0 radical (unpaired) electrons. The van der Waals surface area contributed by atoms with Crippen LogP contribution in [0.4, 0.5) is 0 Å². The molecule has 1 aliphatic heterocycles. The van der Waals surface area contributed by atoms with Crippen molar-refractivity contribution in [3.63, 3.8) is 0 Å². The molecule has 1 rings (SSSR count). The van der Waals surface area contributed by atoms with Crippen molar-refractivity contribution < 1.29 is 14.7 Å². The third kappa shape index (κ3) is 2.65. The largest absolute Gasteiger partial charge is 0.469 e. The SMILES string of the molecule is CCC(C)CC1C(C(=O)OC)C(C)(C)N(O)C1(C)C. The van der Waals surface area contributed by atoms with Gasteiger partial charge in [0.15, 0.2) is 0 Å². The molecule has 1 N–H and O–H groups in total. The summed E-state index contributed by atoms with van der Waals surface area (Å²) in [5.41, 5.74) is -1.03. The Labute approximate surface area is 117 Å². The van der Waals surface area contributed by atoms with E-state index in [9.17, 15) is 10.0 Å². The Morgan fingerprint density at radius 1 is 1.32 bits per heavy atom. The Hall–Kier alpha value is -0.610. The first-order valence-corrected chi connectivity index (χ1v) is 7.17. The fraction of sp³-hybridized carbons (Fsp3) is 0.933. The highest BCUT2D eigenvalue weighted by atomic mass is 16.5. The normalized spacial score (nSPS) is 31.2. The number of rotatable bonds is 4. The molecular weight excluding hydrogens is 242 g/mol. The molecule has 0 aromatic carbocycles. The Morgan fingerprint density at radius 3 is 2.26 bits per heavy atom. The summed E-state index contributed by atoms with van der Waals surface area (Å²) in [5, 5.41) is 11.8. The highest BCUT2D eigenvalue weighted by Crippen LogP contribution is 2.50. The van der Waals surface area contributed by atoms with Gasteiger partial charge in [-0.2, -0.15) is 5.06 Å². The number of ether oxygens (including phenoxy) is 1. The zero-order valence-electron chi connectivity index (χ0n) is 13.4. The Bertz CT molecular complexity index is 338. The summed E-state index contributed by atoms with van der Waals surface area (Å²) >= 11 is 0. The summed E-state index contributed by atoms with van der Waals surface area (Å²) < 4.78 is 4.98. The fourth-order valence-electron chi connectivity index (χ4n) is 3.54. The second-order valence-electron chi connectivity index (χ2n) is 6.98. The number of carbonyl (C=O) groups is 1. The van der Waals surface area contributed by atoms with Gasteiger partial charge >= 0.3 is 5.97 Å². The lowest BCUT2D eigenvalue weighted by atomic mass is 9.73. The number of methoxy groups -OCH3 is 1. The third-order valence-corrected chi connectivity index (χ3v) is 4.97. The lowest BCUT2D eigenvalue weighted by Crippen LogP contribution is -2.48. The summed E-state index contributed by atoms with van der Waals surface area (Å²) in [4.78, 5) is 12.2. The van der Waals surface area contributed by atoms with Crippen LogP contribution in [-0.2, 0) is 9.53 Å². The fourth-order valence-corrected chi connectivity index (χ4v) is 3.54. The molecule has 0 spiro atoms. The lowest BCUT2D eigenvalue weighted by molar-refractivity contribution is -0.202. The molecule has 4 heteroatoms. The number of carbonyl (C=O) groups excluding carboxylic acids is 1. The molecule has 1 saturated heterocycles. The Morgan fingerprint density at radius 2 is 1.84 bits per heavy atom. The van der Waals surface area contributed by atoms with Crippen LogP contribution in [0.5, 0.6) is 0 Å². The van der Waals surface area contributed by atoms with Gasteiger partial charge in [-0.25, -0.2) is 0 Å². The van der Waals surface area contributed by atoms with Crippen LogP contribution >= 0.6 is 0 Å². The van der Waals surface area contributed by atoms with Crippen LogP contribution in [0.25, 0.3) is 0 Å². The van der Waals surface area contributed by atoms with Crippen LogP contribution in [0.1, 0.15) is 54.4 Å². The van der Waals surface area contributed by atoms with E-state index in [4.69, 9.17) is 4.74 Å². The summed E-state index contributed by atoms with van der Waals surface area (Å²) in [6, 6.07) is 0. The second-order valence-corrected chi connectivity index (χ2v) is 6.98. The van der Waals surface area contributed by atoms with E-state index in [1.807, 2.05) is 27.7 Å². The van der Waals surface area contributed by atoms with Gasteiger partial charge in [0.25, 0.3) is 0 Å². The Balaban J connectivity index is 3.16. The van der Waals surface area contributed by atoms with Crippen LogP contribution in [0.2, 0.25) is 0 Å². The van der Waals surface area contributed by atoms with Crippen molar-refractivity contribution in [3.8, 4) is 0 Å². The number of hydroxylamine groups is 2. The molecule has 0 amide bonds. The van der Waals surface area contributed by atoms with E-state index in [1.54, 1.807) is 0 Å². The molecule has 1 aliphatic rings. The van der Waals surface area contributed by atoms with Gasteiger partial charge in [0.2, 0.25) is 0 Å². The smallest absolute Gasteiger partial charge is 0.310 e. The van der Waals surface area contributed by atoms with Gasteiger partial charge < -0.3 is 9.94 Å². The molecule has 0 aromatic rings. The first-order chi connectivity index (χ1) is 8.60. The van der Waals surface area contributed by atoms with Crippen molar-refractivity contribution in [1.82, 2.24) is 5.06 Å². The minimum absolute atomic E-state index is 0.0925. The highest BCUT2D eigenvalue weighted by Gasteiger charge is 2.61. The van der Waals surface area contributed by atoms with E-state index >= 15 is 0 Å². The molecule has 112 valence electrons. The van der Waals surface area contributed by atoms with Crippen LogP contribution in [0.3, 0.4) is 0 Å². The van der Waals surface area contributed by atoms with Crippen molar-refractivity contribution >= 4 is 5.97 Å². The maximum absolute atomic E-state index is 12.2. The van der Waals surface area contributed by atoms with Crippen molar-refractivity contribution in [2.75, 3.05) is 7.11 Å². The molecule has 3 atom stereocenters. The van der Waals surface area contributed by atoms with Gasteiger partial charge in [-0.3, -0.25) is 4.79 Å². The van der Waals surface area contributed by atoms with Crippen molar-refractivity contribution in [1.29, 1.82) is 0 Å². The summed E-state index contributed by atoms with van der Waals surface area (Å²) in [6.07, 6.45) is 2.00. The maximum atomic E-state index is 12.2. The van der Waals surface area contributed by atoms with Gasteiger partial charge in [-0.15, -0.1) is 0 Å². The average Bonchev–Trinajstić information content (AvgIpc) is 2.47. The first kappa shape index (κ1) is 16.4. The van der Waals surface area contributed by atoms with Gasteiger partial charge in [0, 0.05) is 5.54 Å². The van der Waals surface area contributed by atoms with E-state index in [-0.39, 0.29) is 17.8 Å². The molecule has 19 heavy (non-hydrogen) atoms. The minimum Gasteiger partial charge on any atom is -0.469 e. The molecule has 0 saturated carbocycles. The molecule has 3 unspecified atom stereocenters. The molecule has 0 aromatic heterocycles. The van der Waals surface area contributed by atoms with E-state index < -0.39 is 11.1 Å². The molecule has 0 aliphatic carbocycles. The van der Waals surface area contributed by atoms with E-state index in [2.05, 4.69) is 13.8 Å². The summed E-state index contributed by atoms with van der Waals surface area (Å²) in [6.45, 7) is 12.2. The van der Waals surface area contributed by atoms with Gasteiger partial charge in [-0.05, 0) is 46.0 Å². The van der Waals surface area contributed by atoms with Crippen LogP contribution in [-0.4, -0.2) is 34.4 Å². The van der Waals surface area contributed by atoms with Crippen molar-refractivity contribution in [2.24, 2.45) is 17.8 Å². The van der Waals surface area contributed by atoms with Gasteiger partial charge in [0.05, 0.1) is 18.6 Å². The zero-order valence-corrected chi connectivity index (χ0v) is 13.4. The molecule has 1 heterocycles. The predicted molar refractivity (Wildman–Crippen MR) is 74.9 cm³/mol. The van der Waals surface area contributed by atoms with Crippen LogP contribution < -0.4 is 0 Å². The third-order valence-electron chi connectivity index (χ3n) is 4.97. The highest BCUT2D eigenvalue weighted by molar-refractivity contribution is 5.75. The van der Waals surface area contributed by atoms with Gasteiger partial charge in [-0.1, -0.05) is 20.3 Å². The first-order valence-electron chi connectivity index (χ1n) is 7.17. The number of hydrogen-bond donors (Lipinski definition) is 1. The molecular formula is C15H29NO3. The zero-order chi connectivity index (χ0) is 15.0. The lowest BCUT2D eigenvalue weighted by Gasteiger charge is -2.36. The van der Waals surface area contributed by atoms with Crippen LogP contribution in [0, 0.1) is 17.8 Å². The van der Waals surface area contributed by atoms with Crippen molar-refractivity contribution in [3.05, 3.63) is 0 Å². The number of nitrogens with zero attached hydrogens (tertiary/aromatic N) is 1. The van der Waals surface area contributed by atoms with Crippen molar-refractivity contribution in [2.45, 2.75) is 65.5 Å². The Kier molecular flexibility index (Phi) is 4.68. The van der Waals surface area contributed by atoms with E-state index in [1.165, 1.54) is 12.2 Å². The quantitative estimate of drug-likeness (QED) is 0.798. The van der Waals surface area contributed by atoms with E-state index in [0.717, 1.165) is 12.8 Å². The maximum Gasteiger partial charge on any atom is 0.310 e. The topological polar surface area (TPSA) is 49.8 Å². The number of esters is 1. The number of hydrogen-bond acceptors (Lipinski definition) is 4. The second kappa shape index (κ2) is 5.41. The average molecular weight is 271 g/mol. The van der Waals surface area contributed by atoms with Crippen LogP contribution in [0.15, 0.2) is 0 Å². The molecule has 1 fully saturated rings. The van der Waals surface area contributed by atoms with Gasteiger partial charge in [0.1, 0.15) is 0 Å². The predicted octanol–water partition coefficient (Wildman–Crippen LogP) is 3.09. The summed E-state index contributed by atoms with van der Waals surface area (Å²) in [5.74, 6) is 0.100. The molecule has 0 bridgehead atoms.